The van der Waals surface area contributed by atoms with Crippen LogP contribution in [-0.2, 0) is 12.8 Å². The Morgan fingerprint density at radius 2 is 1.70 bits per heavy atom. The van der Waals surface area contributed by atoms with Crippen LogP contribution in [0.15, 0.2) is 48.5 Å². The third-order valence-corrected chi connectivity index (χ3v) is 4.90. The van der Waals surface area contributed by atoms with Crippen molar-refractivity contribution in [3.05, 3.63) is 65.5 Å². The van der Waals surface area contributed by atoms with E-state index in [0.29, 0.717) is 0 Å². The average Bonchev–Trinajstić information content (AvgIpc) is 2.58. The summed E-state index contributed by atoms with van der Waals surface area (Å²) in [5.74, 6) is 0.572. The summed E-state index contributed by atoms with van der Waals surface area (Å²) in [6, 6.07) is 15.1. The summed E-state index contributed by atoms with van der Waals surface area (Å²) in [7, 11) is 0. The van der Waals surface area contributed by atoms with Gasteiger partial charge in [0.1, 0.15) is 5.82 Å². The van der Waals surface area contributed by atoms with E-state index in [-0.39, 0.29) is 5.82 Å². The number of benzene rings is 2. The van der Waals surface area contributed by atoms with Gasteiger partial charge in [0.15, 0.2) is 0 Å². The van der Waals surface area contributed by atoms with Crippen LogP contribution in [0.25, 0.3) is 0 Å². The molecular formula is C20H25FN2. The van der Waals surface area contributed by atoms with Crippen LogP contribution in [0.5, 0.6) is 0 Å². The zero-order valence-electron chi connectivity index (χ0n) is 13.5. The van der Waals surface area contributed by atoms with Gasteiger partial charge in [-0.1, -0.05) is 30.3 Å². The number of nitrogen functional groups attached to an aromatic ring is 1. The Balaban J connectivity index is 1.43. The molecule has 122 valence electrons. The lowest BCUT2D eigenvalue weighted by atomic mass is 9.90. The first-order chi connectivity index (χ1) is 11.2. The molecule has 0 amide bonds. The maximum atomic E-state index is 13.0. The fourth-order valence-electron chi connectivity index (χ4n) is 3.41. The molecule has 0 radical (unpaired) electrons. The monoisotopic (exact) mass is 312 g/mol. The standard InChI is InChI=1S/C20H25FN2/c21-19-7-5-16(6-8-19)15-17-9-12-23(13-10-17)14-11-18-3-1-2-4-20(18)22/h1-8,17H,9-15,22H2. The zero-order valence-corrected chi connectivity index (χ0v) is 13.5. The van der Waals surface area contributed by atoms with Crippen molar-refractivity contribution in [3.63, 3.8) is 0 Å². The Bertz CT molecular complexity index is 616. The highest BCUT2D eigenvalue weighted by Gasteiger charge is 2.19. The van der Waals surface area contributed by atoms with Crippen LogP contribution in [0.2, 0.25) is 0 Å². The van der Waals surface area contributed by atoms with Gasteiger partial charge in [0.05, 0.1) is 0 Å². The van der Waals surface area contributed by atoms with Crippen LogP contribution in [0.4, 0.5) is 10.1 Å². The van der Waals surface area contributed by atoms with E-state index in [0.717, 1.165) is 44.1 Å². The summed E-state index contributed by atoms with van der Waals surface area (Å²) in [6.45, 7) is 3.38. The van der Waals surface area contributed by atoms with E-state index in [1.54, 1.807) is 12.1 Å². The van der Waals surface area contributed by atoms with Crippen molar-refractivity contribution >= 4 is 5.69 Å². The Labute approximate surface area is 138 Å². The fourth-order valence-corrected chi connectivity index (χ4v) is 3.41. The van der Waals surface area contributed by atoms with Gasteiger partial charge in [-0.2, -0.15) is 0 Å². The molecule has 1 saturated heterocycles. The second-order valence-corrected chi connectivity index (χ2v) is 6.56. The first-order valence-electron chi connectivity index (χ1n) is 8.51. The number of hydrogen-bond acceptors (Lipinski definition) is 2. The molecule has 2 N–H and O–H groups in total. The third-order valence-electron chi connectivity index (χ3n) is 4.90. The molecule has 0 unspecified atom stereocenters. The minimum Gasteiger partial charge on any atom is -0.399 e. The van der Waals surface area contributed by atoms with Gasteiger partial charge in [0, 0.05) is 12.2 Å². The maximum Gasteiger partial charge on any atom is 0.123 e. The van der Waals surface area contributed by atoms with E-state index in [2.05, 4.69) is 17.0 Å². The number of likely N-dealkylation sites (tertiary alicyclic amines) is 1. The molecule has 23 heavy (non-hydrogen) atoms. The van der Waals surface area contributed by atoms with E-state index < -0.39 is 0 Å². The SMILES string of the molecule is Nc1ccccc1CCN1CCC(Cc2ccc(F)cc2)CC1. The average molecular weight is 312 g/mol. The van der Waals surface area contributed by atoms with E-state index in [1.807, 2.05) is 24.3 Å². The Morgan fingerprint density at radius 1 is 1.00 bits per heavy atom. The number of nitrogens with zero attached hydrogens (tertiary/aromatic N) is 1. The van der Waals surface area contributed by atoms with Crippen LogP contribution in [-0.4, -0.2) is 24.5 Å². The molecule has 3 heteroatoms. The number of nitrogens with two attached hydrogens (primary N) is 1. The second-order valence-electron chi connectivity index (χ2n) is 6.56. The molecule has 0 spiro atoms. The minimum atomic E-state index is -0.149. The number of hydrogen-bond donors (Lipinski definition) is 1. The predicted octanol–water partition coefficient (Wildman–Crippen LogP) is 3.91. The van der Waals surface area contributed by atoms with Gasteiger partial charge in [-0.05, 0) is 74.0 Å². The van der Waals surface area contributed by atoms with Gasteiger partial charge in [0.25, 0.3) is 0 Å². The molecular weight excluding hydrogens is 287 g/mol. The molecule has 0 aromatic heterocycles. The molecule has 1 aliphatic heterocycles. The molecule has 2 aromatic carbocycles. The lowest BCUT2D eigenvalue weighted by Crippen LogP contribution is -2.35. The number of halogens is 1. The predicted molar refractivity (Wildman–Crippen MR) is 93.8 cm³/mol. The highest BCUT2D eigenvalue weighted by atomic mass is 19.1. The van der Waals surface area contributed by atoms with Crippen molar-refractivity contribution < 1.29 is 4.39 Å². The Hall–Kier alpha value is -1.87. The summed E-state index contributed by atoms with van der Waals surface area (Å²) in [5.41, 5.74) is 9.41. The molecule has 3 rings (SSSR count). The summed E-state index contributed by atoms with van der Waals surface area (Å²) >= 11 is 0. The largest absolute Gasteiger partial charge is 0.399 e. The number of piperidine rings is 1. The fraction of sp³-hybridized carbons (Fsp3) is 0.400. The summed E-state index contributed by atoms with van der Waals surface area (Å²) < 4.78 is 13.0. The van der Waals surface area contributed by atoms with Crippen molar-refractivity contribution in [2.45, 2.75) is 25.7 Å². The van der Waals surface area contributed by atoms with E-state index in [9.17, 15) is 4.39 Å². The Morgan fingerprint density at radius 3 is 2.39 bits per heavy atom. The van der Waals surface area contributed by atoms with Crippen molar-refractivity contribution in [1.82, 2.24) is 4.90 Å². The molecule has 1 aliphatic rings. The van der Waals surface area contributed by atoms with Crippen molar-refractivity contribution in [1.29, 1.82) is 0 Å². The zero-order chi connectivity index (χ0) is 16.1. The van der Waals surface area contributed by atoms with Gasteiger partial charge in [-0.15, -0.1) is 0 Å². The van der Waals surface area contributed by atoms with Gasteiger partial charge in [-0.3, -0.25) is 0 Å². The van der Waals surface area contributed by atoms with Crippen LogP contribution < -0.4 is 5.73 Å². The third kappa shape index (κ3) is 4.55. The lowest BCUT2D eigenvalue weighted by molar-refractivity contribution is 0.186. The summed E-state index contributed by atoms with van der Waals surface area (Å²) in [6.07, 6.45) is 4.54. The molecule has 0 saturated carbocycles. The van der Waals surface area contributed by atoms with Crippen molar-refractivity contribution in [3.8, 4) is 0 Å². The summed E-state index contributed by atoms with van der Waals surface area (Å²) in [4.78, 5) is 2.54. The first-order valence-corrected chi connectivity index (χ1v) is 8.51. The van der Waals surface area contributed by atoms with E-state index in [1.165, 1.54) is 24.0 Å². The topological polar surface area (TPSA) is 29.3 Å². The summed E-state index contributed by atoms with van der Waals surface area (Å²) in [5, 5.41) is 0. The van der Waals surface area contributed by atoms with Crippen molar-refractivity contribution in [2.75, 3.05) is 25.4 Å². The normalized spacial score (nSPS) is 16.6. The van der Waals surface area contributed by atoms with Crippen LogP contribution in [0.1, 0.15) is 24.0 Å². The number of rotatable bonds is 5. The molecule has 1 fully saturated rings. The van der Waals surface area contributed by atoms with Gasteiger partial charge in [0.2, 0.25) is 0 Å². The van der Waals surface area contributed by atoms with Crippen LogP contribution in [0, 0.1) is 11.7 Å². The van der Waals surface area contributed by atoms with Crippen LogP contribution >= 0.6 is 0 Å². The van der Waals surface area contributed by atoms with Gasteiger partial charge >= 0.3 is 0 Å². The number of anilines is 1. The van der Waals surface area contributed by atoms with Crippen molar-refractivity contribution in [2.24, 2.45) is 5.92 Å². The molecule has 0 bridgehead atoms. The molecule has 0 aliphatic carbocycles. The number of para-hydroxylation sites is 1. The maximum absolute atomic E-state index is 13.0. The second kappa shape index (κ2) is 7.60. The first kappa shape index (κ1) is 16.0. The van der Waals surface area contributed by atoms with Crippen LogP contribution in [0.3, 0.4) is 0 Å². The molecule has 2 aromatic rings. The molecule has 0 atom stereocenters. The highest BCUT2D eigenvalue weighted by molar-refractivity contribution is 5.46. The lowest BCUT2D eigenvalue weighted by Gasteiger charge is -2.32. The highest BCUT2D eigenvalue weighted by Crippen LogP contribution is 2.22. The van der Waals surface area contributed by atoms with E-state index in [4.69, 9.17) is 5.73 Å². The van der Waals surface area contributed by atoms with Gasteiger partial charge in [-0.25, -0.2) is 4.39 Å². The van der Waals surface area contributed by atoms with E-state index >= 15 is 0 Å². The van der Waals surface area contributed by atoms with Gasteiger partial charge < -0.3 is 10.6 Å². The minimum absolute atomic E-state index is 0.149. The molecule has 2 nitrogen and oxygen atoms in total. The quantitative estimate of drug-likeness (QED) is 0.848. The molecule has 1 heterocycles. The smallest absolute Gasteiger partial charge is 0.123 e. The Kier molecular flexibility index (Phi) is 5.29.